The van der Waals surface area contributed by atoms with Gasteiger partial charge in [0.25, 0.3) is 0 Å². The molecule has 6 atom stereocenters. The number of nitrogens with one attached hydrogen (secondary N) is 1. The van der Waals surface area contributed by atoms with Crippen molar-refractivity contribution in [2.75, 3.05) is 0 Å². The van der Waals surface area contributed by atoms with Gasteiger partial charge < -0.3 is 24.1 Å². The van der Waals surface area contributed by atoms with Crippen LogP contribution in [0, 0.1) is 0 Å². The van der Waals surface area contributed by atoms with Crippen LogP contribution in [0.4, 0.5) is 0 Å². The van der Waals surface area contributed by atoms with E-state index in [1.807, 2.05) is 58.0 Å². The van der Waals surface area contributed by atoms with Gasteiger partial charge in [-0.15, -0.1) is 0 Å². The standard InChI is InChI=1S/C19H27NO6/c1-18(2)23-14-12(20-22-10-11-8-6-5-7-9-11)13(21)15-17(16(14)25-18)26-19(3,4)24-15/h5-9,12-17,20-21H,10H2,1-4H3/t12-,13-,14-,15+,16+,17+/m0/s1. The van der Waals surface area contributed by atoms with E-state index in [0.29, 0.717) is 6.61 Å². The molecule has 1 aromatic rings. The summed E-state index contributed by atoms with van der Waals surface area (Å²) >= 11 is 0. The van der Waals surface area contributed by atoms with E-state index in [1.54, 1.807) is 0 Å². The van der Waals surface area contributed by atoms with Crippen molar-refractivity contribution in [1.82, 2.24) is 5.48 Å². The van der Waals surface area contributed by atoms with Gasteiger partial charge in [-0.2, -0.15) is 5.48 Å². The largest absolute Gasteiger partial charge is 0.388 e. The Balaban J connectivity index is 1.50. The molecule has 2 saturated heterocycles. The number of hydrogen-bond donors (Lipinski definition) is 2. The number of fused-ring (bicyclic) bond motifs is 3. The Kier molecular flexibility index (Phi) is 4.60. The maximum Gasteiger partial charge on any atom is 0.164 e. The van der Waals surface area contributed by atoms with Gasteiger partial charge in [0.2, 0.25) is 0 Å². The summed E-state index contributed by atoms with van der Waals surface area (Å²) in [7, 11) is 0. The predicted molar refractivity (Wildman–Crippen MR) is 91.8 cm³/mol. The monoisotopic (exact) mass is 365 g/mol. The Morgan fingerprint density at radius 3 is 2.08 bits per heavy atom. The first-order valence-electron chi connectivity index (χ1n) is 9.06. The average Bonchev–Trinajstić information content (AvgIpc) is 3.07. The molecule has 2 aliphatic heterocycles. The fraction of sp³-hybridized carbons (Fsp3) is 0.684. The number of rotatable bonds is 4. The summed E-state index contributed by atoms with van der Waals surface area (Å²) in [6.45, 7) is 7.76. The highest BCUT2D eigenvalue weighted by molar-refractivity contribution is 5.13. The minimum atomic E-state index is -0.851. The van der Waals surface area contributed by atoms with Gasteiger partial charge >= 0.3 is 0 Å². The molecule has 7 nitrogen and oxygen atoms in total. The van der Waals surface area contributed by atoms with Gasteiger partial charge in [-0.1, -0.05) is 30.3 Å². The zero-order valence-electron chi connectivity index (χ0n) is 15.5. The molecule has 0 bridgehead atoms. The van der Waals surface area contributed by atoms with E-state index in [2.05, 4.69) is 5.48 Å². The highest BCUT2D eigenvalue weighted by Crippen LogP contribution is 2.44. The minimum absolute atomic E-state index is 0.349. The molecule has 0 amide bonds. The maximum absolute atomic E-state index is 10.9. The van der Waals surface area contributed by atoms with Gasteiger partial charge in [-0.3, -0.25) is 4.84 Å². The summed E-state index contributed by atoms with van der Waals surface area (Å²) in [6, 6.07) is 9.33. The lowest BCUT2D eigenvalue weighted by Crippen LogP contribution is -2.65. The van der Waals surface area contributed by atoms with Gasteiger partial charge in [0, 0.05) is 0 Å². The third kappa shape index (κ3) is 3.41. The molecule has 0 radical (unpaired) electrons. The number of ether oxygens (including phenoxy) is 4. The highest BCUT2D eigenvalue weighted by Gasteiger charge is 2.63. The van der Waals surface area contributed by atoms with Crippen LogP contribution >= 0.6 is 0 Å². The van der Waals surface area contributed by atoms with E-state index in [1.165, 1.54) is 0 Å². The molecule has 1 aliphatic carbocycles. The van der Waals surface area contributed by atoms with Crippen LogP contribution in [-0.2, 0) is 30.4 Å². The van der Waals surface area contributed by atoms with Gasteiger partial charge in [0.1, 0.15) is 30.5 Å². The number of hydrogen-bond acceptors (Lipinski definition) is 7. The quantitative estimate of drug-likeness (QED) is 0.783. The van der Waals surface area contributed by atoms with E-state index < -0.39 is 35.9 Å². The van der Waals surface area contributed by atoms with Crippen LogP contribution in [0.25, 0.3) is 0 Å². The summed E-state index contributed by atoms with van der Waals surface area (Å²) in [6.07, 6.45) is -2.51. The van der Waals surface area contributed by atoms with Gasteiger partial charge in [-0.25, -0.2) is 0 Å². The van der Waals surface area contributed by atoms with E-state index >= 15 is 0 Å². The second kappa shape index (κ2) is 6.53. The molecular formula is C19H27NO6. The fourth-order valence-corrected chi connectivity index (χ4v) is 4.02. The summed E-state index contributed by atoms with van der Waals surface area (Å²) < 4.78 is 24.1. The lowest BCUT2D eigenvalue weighted by atomic mass is 9.83. The van der Waals surface area contributed by atoms with E-state index in [4.69, 9.17) is 23.8 Å². The third-order valence-corrected chi connectivity index (χ3v) is 5.01. The normalized spacial score (nSPS) is 40.2. The van der Waals surface area contributed by atoms with Crippen LogP contribution in [0.1, 0.15) is 33.3 Å². The number of benzene rings is 1. The van der Waals surface area contributed by atoms with Crippen LogP contribution in [0.15, 0.2) is 30.3 Å². The van der Waals surface area contributed by atoms with Gasteiger partial charge in [0.15, 0.2) is 11.6 Å². The van der Waals surface area contributed by atoms with Crippen molar-refractivity contribution in [3.8, 4) is 0 Å². The van der Waals surface area contributed by atoms with E-state index in [-0.39, 0.29) is 12.2 Å². The van der Waals surface area contributed by atoms with Gasteiger partial charge in [-0.05, 0) is 33.3 Å². The van der Waals surface area contributed by atoms with Crippen molar-refractivity contribution >= 4 is 0 Å². The third-order valence-electron chi connectivity index (χ3n) is 5.01. The first-order chi connectivity index (χ1) is 12.3. The molecule has 1 saturated carbocycles. The highest BCUT2D eigenvalue weighted by atomic mass is 16.8. The number of hydroxylamine groups is 1. The molecule has 3 fully saturated rings. The van der Waals surface area contributed by atoms with Crippen molar-refractivity contribution in [1.29, 1.82) is 0 Å². The molecule has 0 spiro atoms. The molecule has 3 aliphatic rings. The van der Waals surface area contributed by atoms with Gasteiger partial charge in [0.05, 0.1) is 12.6 Å². The second-order valence-corrected chi connectivity index (χ2v) is 8.04. The zero-order chi connectivity index (χ0) is 18.5. The Hall–Kier alpha value is -1.06. The SMILES string of the molecule is CC1(C)O[C@H]2[C@@H]3OC(C)(C)O[C@H]3[C@@H](NOCc3ccccc3)[C@H](O)[C@H]2O1. The molecular weight excluding hydrogens is 338 g/mol. The molecule has 26 heavy (non-hydrogen) atoms. The number of aliphatic hydroxyl groups is 1. The van der Waals surface area contributed by atoms with Crippen LogP contribution in [0.2, 0.25) is 0 Å². The van der Waals surface area contributed by atoms with Crippen LogP contribution in [0.3, 0.4) is 0 Å². The second-order valence-electron chi connectivity index (χ2n) is 8.04. The van der Waals surface area contributed by atoms with Crippen LogP contribution < -0.4 is 5.48 Å². The van der Waals surface area contributed by atoms with Crippen molar-refractivity contribution < 1.29 is 28.9 Å². The topological polar surface area (TPSA) is 78.4 Å². The fourth-order valence-electron chi connectivity index (χ4n) is 4.02. The van der Waals surface area contributed by atoms with Crippen molar-refractivity contribution in [3.63, 3.8) is 0 Å². The summed E-state index contributed by atoms with van der Waals surface area (Å²) in [5.74, 6) is -1.55. The molecule has 7 heteroatoms. The predicted octanol–water partition coefficient (Wildman–Crippen LogP) is 1.49. The summed E-state index contributed by atoms with van der Waals surface area (Å²) in [4.78, 5) is 5.66. The maximum atomic E-state index is 10.9. The van der Waals surface area contributed by atoms with Crippen molar-refractivity contribution in [2.45, 2.75) is 82.4 Å². The lowest BCUT2D eigenvalue weighted by Gasteiger charge is -2.40. The Bertz CT molecular complexity index is 636. The van der Waals surface area contributed by atoms with Crippen LogP contribution in [0.5, 0.6) is 0 Å². The summed E-state index contributed by atoms with van der Waals surface area (Å²) in [5.41, 5.74) is 4.01. The van der Waals surface area contributed by atoms with Crippen LogP contribution in [-0.4, -0.2) is 53.2 Å². The molecule has 144 valence electrons. The first-order valence-corrected chi connectivity index (χ1v) is 9.06. The van der Waals surface area contributed by atoms with E-state index in [0.717, 1.165) is 5.56 Å². The van der Waals surface area contributed by atoms with Crippen molar-refractivity contribution in [2.24, 2.45) is 0 Å². The minimum Gasteiger partial charge on any atom is -0.388 e. The molecule has 0 unspecified atom stereocenters. The van der Waals surface area contributed by atoms with E-state index in [9.17, 15) is 5.11 Å². The molecule has 0 aromatic heterocycles. The Morgan fingerprint density at radius 2 is 1.42 bits per heavy atom. The molecule has 4 rings (SSSR count). The Morgan fingerprint density at radius 1 is 0.885 bits per heavy atom. The summed E-state index contributed by atoms with van der Waals surface area (Å²) in [5, 5.41) is 10.9. The molecule has 1 aromatic carbocycles. The zero-order valence-corrected chi connectivity index (χ0v) is 15.5. The first kappa shape index (κ1) is 18.3. The Labute approximate surface area is 153 Å². The molecule has 2 N–H and O–H groups in total. The molecule has 2 heterocycles. The van der Waals surface area contributed by atoms with Crippen molar-refractivity contribution in [3.05, 3.63) is 35.9 Å². The smallest absolute Gasteiger partial charge is 0.164 e. The lowest BCUT2D eigenvalue weighted by molar-refractivity contribution is -0.181. The number of aliphatic hydroxyl groups excluding tert-OH is 1. The average molecular weight is 365 g/mol.